The highest BCUT2D eigenvalue weighted by Crippen LogP contribution is 2.42. The van der Waals surface area contributed by atoms with Crippen LogP contribution in [0.1, 0.15) is 58.1 Å². The largest absolute Gasteiger partial charge is 0.390 e. The molecule has 0 bridgehead atoms. The molecular weight excluding hydrogens is 281 g/mol. The number of halogens is 1. The minimum atomic E-state index is -0.650. The van der Waals surface area contributed by atoms with Gasteiger partial charge in [-0.3, -0.25) is 0 Å². The average molecular weight is 307 g/mol. The molecule has 122 valence electrons. The second-order valence-electron chi connectivity index (χ2n) is 6.92. The normalized spacial score (nSPS) is 32.5. The summed E-state index contributed by atoms with van der Waals surface area (Å²) in [5, 5.41) is 10.8. The Bertz CT molecular complexity index is 535. The number of anilines is 1. The van der Waals surface area contributed by atoms with E-state index in [1.165, 1.54) is 6.33 Å². The molecule has 2 aliphatic rings. The van der Waals surface area contributed by atoms with Crippen LogP contribution in [0.3, 0.4) is 0 Å². The SMILES string of the molecule is CCc1ncnc(N2CCC[C@@H]2[C@@H]2CCCC[C@@]2(C)O)c1F. The summed E-state index contributed by atoms with van der Waals surface area (Å²) < 4.78 is 14.6. The molecule has 1 saturated heterocycles. The van der Waals surface area contributed by atoms with Gasteiger partial charge in [0.2, 0.25) is 0 Å². The molecule has 0 aromatic carbocycles. The number of hydrogen-bond acceptors (Lipinski definition) is 4. The molecule has 0 unspecified atom stereocenters. The van der Waals surface area contributed by atoms with Crippen molar-refractivity contribution in [2.75, 3.05) is 11.4 Å². The van der Waals surface area contributed by atoms with Gasteiger partial charge in [0.15, 0.2) is 11.6 Å². The maximum absolute atomic E-state index is 14.6. The third kappa shape index (κ3) is 2.71. The number of hydrogen-bond donors (Lipinski definition) is 1. The van der Waals surface area contributed by atoms with E-state index < -0.39 is 5.60 Å². The van der Waals surface area contributed by atoms with Crippen LogP contribution in [0, 0.1) is 11.7 Å². The van der Waals surface area contributed by atoms with Gasteiger partial charge in [0, 0.05) is 18.5 Å². The Labute approximate surface area is 131 Å². The van der Waals surface area contributed by atoms with E-state index in [1.54, 1.807) is 0 Å². The molecule has 22 heavy (non-hydrogen) atoms. The second-order valence-corrected chi connectivity index (χ2v) is 6.92. The molecule has 3 rings (SSSR count). The molecule has 5 heteroatoms. The molecule has 2 fully saturated rings. The first-order valence-electron chi connectivity index (χ1n) is 8.53. The zero-order valence-electron chi connectivity index (χ0n) is 13.6. The lowest BCUT2D eigenvalue weighted by molar-refractivity contribution is -0.0411. The summed E-state index contributed by atoms with van der Waals surface area (Å²) in [7, 11) is 0. The Balaban J connectivity index is 1.90. The highest BCUT2D eigenvalue weighted by atomic mass is 19.1. The summed E-state index contributed by atoms with van der Waals surface area (Å²) in [6, 6.07) is 0.185. The Hall–Kier alpha value is -1.23. The molecule has 2 heterocycles. The van der Waals surface area contributed by atoms with Crippen LogP contribution in [0.5, 0.6) is 0 Å². The van der Waals surface area contributed by atoms with Gasteiger partial charge in [-0.25, -0.2) is 14.4 Å². The third-order valence-corrected chi connectivity index (χ3v) is 5.46. The van der Waals surface area contributed by atoms with Gasteiger partial charge < -0.3 is 10.0 Å². The maximum Gasteiger partial charge on any atom is 0.187 e. The van der Waals surface area contributed by atoms with Crippen molar-refractivity contribution in [1.29, 1.82) is 0 Å². The van der Waals surface area contributed by atoms with E-state index in [9.17, 15) is 9.50 Å². The molecule has 1 aliphatic heterocycles. The van der Waals surface area contributed by atoms with E-state index >= 15 is 0 Å². The summed E-state index contributed by atoms with van der Waals surface area (Å²) in [6.07, 6.45) is 8.16. The predicted octanol–water partition coefficient (Wildman–Crippen LogP) is 3.09. The van der Waals surface area contributed by atoms with Gasteiger partial charge in [-0.2, -0.15) is 0 Å². The first-order valence-corrected chi connectivity index (χ1v) is 8.53. The molecule has 1 N–H and O–H groups in total. The fourth-order valence-corrected chi connectivity index (χ4v) is 4.27. The van der Waals surface area contributed by atoms with E-state index in [-0.39, 0.29) is 17.8 Å². The van der Waals surface area contributed by atoms with Crippen LogP contribution >= 0.6 is 0 Å². The maximum atomic E-state index is 14.6. The molecule has 1 aliphatic carbocycles. The zero-order valence-corrected chi connectivity index (χ0v) is 13.6. The zero-order chi connectivity index (χ0) is 15.7. The monoisotopic (exact) mass is 307 g/mol. The lowest BCUT2D eigenvalue weighted by atomic mass is 9.72. The van der Waals surface area contributed by atoms with Gasteiger partial charge in [-0.15, -0.1) is 0 Å². The van der Waals surface area contributed by atoms with E-state index in [0.29, 0.717) is 17.9 Å². The number of nitrogens with zero attached hydrogens (tertiary/aromatic N) is 3. The highest BCUT2D eigenvalue weighted by molar-refractivity contribution is 5.44. The topological polar surface area (TPSA) is 49.2 Å². The first kappa shape index (κ1) is 15.7. The molecule has 1 aromatic rings. The van der Waals surface area contributed by atoms with Crippen LogP contribution in [-0.4, -0.2) is 33.3 Å². The van der Waals surface area contributed by atoms with Crippen molar-refractivity contribution in [1.82, 2.24) is 9.97 Å². The Morgan fingerprint density at radius 1 is 1.32 bits per heavy atom. The number of rotatable bonds is 3. The lowest BCUT2D eigenvalue weighted by Crippen LogP contribution is -2.49. The third-order valence-electron chi connectivity index (χ3n) is 5.46. The van der Waals surface area contributed by atoms with Crippen molar-refractivity contribution in [2.24, 2.45) is 5.92 Å². The molecule has 1 aromatic heterocycles. The van der Waals surface area contributed by atoms with E-state index in [1.807, 2.05) is 13.8 Å². The minimum absolute atomic E-state index is 0.185. The Kier molecular flexibility index (Phi) is 4.35. The van der Waals surface area contributed by atoms with Crippen molar-refractivity contribution in [3.8, 4) is 0 Å². The van der Waals surface area contributed by atoms with Crippen LogP contribution < -0.4 is 4.90 Å². The number of aryl methyl sites for hydroxylation is 1. The number of aromatic nitrogens is 2. The summed E-state index contributed by atoms with van der Waals surface area (Å²) in [4.78, 5) is 10.3. The summed E-state index contributed by atoms with van der Waals surface area (Å²) in [5.74, 6) is 0.339. The summed E-state index contributed by atoms with van der Waals surface area (Å²) >= 11 is 0. The van der Waals surface area contributed by atoms with Crippen LogP contribution in [0.25, 0.3) is 0 Å². The van der Waals surface area contributed by atoms with Crippen LogP contribution in [-0.2, 0) is 6.42 Å². The number of aliphatic hydroxyl groups is 1. The van der Waals surface area contributed by atoms with Crippen LogP contribution in [0.2, 0.25) is 0 Å². The van der Waals surface area contributed by atoms with Gasteiger partial charge in [0.1, 0.15) is 6.33 Å². The molecule has 1 saturated carbocycles. The van der Waals surface area contributed by atoms with Crippen molar-refractivity contribution in [3.63, 3.8) is 0 Å². The fourth-order valence-electron chi connectivity index (χ4n) is 4.27. The summed E-state index contributed by atoms with van der Waals surface area (Å²) in [6.45, 7) is 4.66. The van der Waals surface area contributed by atoms with Crippen molar-refractivity contribution in [3.05, 3.63) is 17.8 Å². The molecule has 0 radical (unpaired) electrons. The van der Waals surface area contributed by atoms with Crippen LogP contribution in [0.4, 0.5) is 10.2 Å². The molecule has 3 atom stereocenters. The van der Waals surface area contributed by atoms with E-state index in [0.717, 1.165) is 45.1 Å². The van der Waals surface area contributed by atoms with Gasteiger partial charge >= 0.3 is 0 Å². The smallest absolute Gasteiger partial charge is 0.187 e. The lowest BCUT2D eigenvalue weighted by Gasteiger charge is -2.43. The average Bonchev–Trinajstić information content (AvgIpc) is 2.96. The minimum Gasteiger partial charge on any atom is -0.390 e. The molecular formula is C17H26FN3O. The highest BCUT2D eigenvalue weighted by Gasteiger charge is 2.44. The quantitative estimate of drug-likeness (QED) is 0.932. The predicted molar refractivity (Wildman–Crippen MR) is 84.3 cm³/mol. The van der Waals surface area contributed by atoms with Crippen molar-refractivity contribution >= 4 is 5.82 Å². The fraction of sp³-hybridized carbons (Fsp3) is 0.765. The van der Waals surface area contributed by atoms with Gasteiger partial charge in [-0.05, 0) is 39.0 Å². The van der Waals surface area contributed by atoms with E-state index in [2.05, 4.69) is 14.9 Å². The standard InChI is InChI=1S/C17H26FN3O/c1-3-13-15(18)16(20-11-19-13)21-10-6-8-14(21)12-7-4-5-9-17(12,2)22/h11-12,14,22H,3-10H2,1-2H3/t12-,14+,17+/m0/s1. The van der Waals surface area contributed by atoms with Gasteiger partial charge in [0.05, 0.1) is 11.3 Å². The first-order chi connectivity index (χ1) is 10.5. The second kappa shape index (κ2) is 6.11. The molecule has 4 nitrogen and oxygen atoms in total. The molecule has 0 amide bonds. The van der Waals surface area contributed by atoms with Gasteiger partial charge in [-0.1, -0.05) is 19.8 Å². The van der Waals surface area contributed by atoms with Crippen LogP contribution in [0.15, 0.2) is 6.33 Å². The van der Waals surface area contributed by atoms with Gasteiger partial charge in [0.25, 0.3) is 0 Å². The Morgan fingerprint density at radius 2 is 2.14 bits per heavy atom. The summed E-state index contributed by atoms with van der Waals surface area (Å²) in [5.41, 5.74) is -0.172. The van der Waals surface area contributed by atoms with Crippen molar-refractivity contribution < 1.29 is 9.50 Å². The Morgan fingerprint density at radius 3 is 2.86 bits per heavy atom. The van der Waals surface area contributed by atoms with Crippen molar-refractivity contribution in [2.45, 2.75) is 70.4 Å². The molecule has 0 spiro atoms. The van der Waals surface area contributed by atoms with E-state index in [4.69, 9.17) is 0 Å².